The highest BCUT2D eigenvalue weighted by molar-refractivity contribution is 5.12. The van der Waals surface area contributed by atoms with E-state index in [9.17, 15) is 0 Å². The Morgan fingerprint density at radius 1 is 1.42 bits per heavy atom. The molecule has 0 N–H and O–H groups in total. The van der Waals surface area contributed by atoms with Crippen molar-refractivity contribution in [3.05, 3.63) is 35.9 Å². The normalized spacial score (nSPS) is 10.1. The summed E-state index contributed by atoms with van der Waals surface area (Å²) in [6, 6.07) is 11.3. The number of ether oxygens (including phenoxy) is 1. The summed E-state index contributed by atoms with van der Waals surface area (Å²) in [4.78, 5) is 0. The average molecular weight is 163 g/mol. The lowest BCUT2D eigenvalue weighted by atomic mass is 10.1. The number of aryl methyl sites for hydroxylation is 1. The summed E-state index contributed by atoms with van der Waals surface area (Å²) in [6.45, 7) is 3.70. The fourth-order valence-electron chi connectivity index (χ4n) is 1.10. The summed E-state index contributed by atoms with van der Waals surface area (Å²) >= 11 is 0. The molecule has 0 aliphatic carbocycles. The van der Waals surface area contributed by atoms with E-state index in [-0.39, 0.29) is 0 Å². The van der Waals surface area contributed by atoms with E-state index in [1.165, 1.54) is 5.56 Å². The van der Waals surface area contributed by atoms with E-state index < -0.39 is 0 Å². The molecule has 0 heterocycles. The zero-order valence-electron chi connectivity index (χ0n) is 7.55. The molecule has 0 saturated carbocycles. The van der Waals surface area contributed by atoms with Gasteiger partial charge in [0.15, 0.2) is 0 Å². The molecule has 0 aliphatic rings. The van der Waals surface area contributed by atoms with Gasteiger partial charge in [0.2, 0.25) is 0 Å². The highest BCUT2D eigenvalue weighted by Crippen LogP contribution is 2.01. The van der Waals surface area contributed by atoms with Crippen LogP contribution in [0.3, 0.4) is 0 Å². The Kier molecular flexibility index (Phi) is 4.47. The lowest BCUT2D eigenvalue weighted by Crippen LogP contribution is -1.95. The Labute approximate surface area is 74.4 Å². The maximum absolute atomic E-state index is 5.24. The summed E-state index contributed by atoms with van der Waals surface area (Å²) < 4.78 is 5.24. The lowest BCUT2D eigenvalue weighted by molar-refractivity contribution is 0.145. The van der Waals surface area contributed by atoms with Gasteiger partial charge in [0.05, 0.1) is 0 Å². The molecule has 0 atom stereocenters. The van der Waals surface area contributed by atoms with Gasteiger partial charge in [-0.2, -0.15) is 0 Å². The molecule has 0 unspecified atom stereocenters. The van der Waals surface area contributed by atoms with Gasteiger partial charge >= 0.3 is 0 Å². The highest BCUT2D eigenvalue weighted by atomic mass is 16.5. The van der Waals surface area contributed by atoms with E-state index in [2.05, 4.69) is 12.1 Å². The van der Waals surface area contributed by atoms with Gasteiger partial charge < -0.3 is 4.74 Å². The fourth-order valence-corrected chi connectivity index (χ4v) is 1.10. The second-order valence-corrected chi connectivity index (χ2v) is 2.69. The van der Waals surface area contributed by atoms with Gasteiger partial charge in [-0.3, -0.25) is 0 Å². The first kappa shape index (κ1) is 9.27. The minimum absolute atomic E-state index is 0.818. The van der Waals surface area contributed by atoms with Gasteiger partial charge in [0.1, 0.15) is 0 Å². The molecule has 1 aromatic rings. The number of rotatable bonds is 5. The van der Waals surface area contributed by atoms with Crippen LogP contribution in [0.25, 0.3) is 0 Å². The Bertz CT molecular complexity index is 193. The molecule has 1 nitrogen and oxygen atoms in total. The van der Waals surface area contributed by atoms with E-state index in [0.717, 1.165) is 26.1 Å². The second kappa shape index (κ2) is 5.78. The maximum Gasteiger partial charge on any atom is 0.0469 e. The average Bonchev–Trinajstić information content (AvgIpc) is 2.14. The Morgan fingerprint density at radius 3 is 3.00 bits per heavy atom. The number of benzene rings is 1. The molecule has 0 fully saturated rings. The third kappa shape index (κ3) is 3.54. The van der Waals surface area contributed by atoms with Crippen LogP contribution in [0.15, 0.2) is 24.3 Å². The lowest BCUT2D eigenvalue weighted by Gasteiger charge is -2.00. The second-order valence-electron chi connectivity index (χ2n) is 2.69. The molecule has 0 aliphatic heterocycles. The Hall–Kier alpha value is -0.820. The van der Waals surface area contributed by atoms with E-state index in [1.54, 1.807) is 0 Å². The summed E-state index contributed by atoms with van der Waals surface area (Å²) in [5.74, 6) is 0. The quantitative estimate of drug-likeness (QED) is 0.606. The Morgan fingerprint density at radius 2 is 2.33 bits per heavy atom. The van der Waals surface area contributed by atoms with E-state index in [1.807, 2.05) is 25.1 Å². The van der Waals surface area contributed by atoms with Crippen LogP contribution in [0.1, 0.15) is 18.9 Å². The van der Waals surface area contributed by atoms with Gasteiger partial charge in [-0.15, -0.1) is 0 Å². The summed E-state index contributed by atoms with van der Waals surface area (Å²) in [5, 5.41) is 0. The minimum atomic E-state index is 0.818. The van der Waals surface area contributed by atoms with Gasteiger partial charge in [-0.05, 0) is 31.4 Å². The number of hydrogen-bond acceptors (Lipinski definition) is 1. The zero-order valence-corrected chi connectivity index (χ0v) is 7.55. The van der Waals surface area contributed by atoms with Crippen molar-refractivity contribution in [3.8, 4) is 0 Å². The van der Waals surface area contributed by atoms with Crippen LogP contribution in [0, 0.1) is 6.07 Å². The van der Waals surface area contributed by atoms with Crippen LogP contribution in [-0.2, 0) is 11.2 Å². The van der Waals surface area contributed by atoms with Crippen LogP contribution < -0.4 is 0 Å². The van der Waals surface area contributed by atoms with E-state index in [0.29, 0.717) is 0 Å². The molecule has 0 spiro atoms. The van der Waals surface area contributed by atoms with Gasteiger partial charge in [-0.25, -0.2) is 0 Å². The van der Waals surface area contributed by atoms with Crippen LogP contribution >= 0.6 is 0 Å². The van der Waals surface area contributed by atoms with Gasteiger partial charge in [0.25, 0.3) is 0 Å². The summed E-state index contributed by atoms with van der Waals surface area (Å²) in [6.07, 6.45) is 2.16. The standard InChI is InChI=1S/C11H15O/c1-2-12-10-6-9-11-7-4-3-5-8-11/h3-5,7H,2,6,9-10H2,1H3. The van der Waals surface area contributed by atoms with Crippen molar-refractivity contribution in [1.82, 2.24) is 0 Å². The molecule has 0 bridgehead atoms. The zero-order chi connectivity index (χ0) is 8.65. The van der Waals surface area contributed by atoms with Gasteiger partial charge in [-0.1, -0.05) is 24.3 Å². The van der Waals surface area contributed by atoms with Crippen molar-refractivity contribution in [1.29, 1.82) is 0 Å². The topological polar surface area (TPSA) is 9.23 Å². The molecule has 1 heteroatoms. The molecule has 1 aromatic carbocycles. The van der Waals surface area contributed by atoms with E-state index in [4.69, 9.17) is 4.74 Å². The Balaban J connectivity index is 2.16. The maximum atomic E-state index is 5.24. The predicted octanol–water partition coefficient (Wildman–Crippen LogP) is 2.46. The SMILES string of the molecule is CCOCCCc1[c]cccc1. The molecule has 0 amide bonds. The summed E-state index contributed by atoms with van der Waals surface area (Å²) in [5.41, 5.74) is 1.28. The first-order valence-corrected chi connectivity index (χ1v) is 4.47. The van der Waals surface area contributed by atoms with Crippen molar-refractivity contribution in [2.24, 2.45) is 0 Å². The predicted molar refractivity (Wildman–Crippen MR) is 50.1 cm³/mol. The van der Waals surface area contributed by atoms with E-state index >= 15 is 0 Å². The highest BCUT2D eigenvalue weighted by Gasteiger charge is 1.91. The van der Waals surface area contributed by atoms with Gasteiger partial charge in [0, 0.05) is 13.2 Å². The summed E-state index contributed by atoms with van der Waals surface area (Å²) in [7, 11) is 0. The van der Waals surface area contributed by atoms with Crippen molar-refractivity contribution in [2.75, 3.05) is 13.2 Å². The third-order valence-electron chi connectivity index (χ3n) is 1.71. The molecule has 65 valence electrons. The molecule has 1 radical (unpaired) electrons. The first-order chi connectivity index (χ1) is 5.93. The molecule has 0 aromatic heterocycles. The first-order valence-electron chi connectivity index (χ1n) is 4.47. The largest absolute Gasteiger partial charge is 0.382 e. The molecule has 12 heavy (non-hydrogen) atoms. The third-order valence-corrected chi connectivity index (χ3v) is 1.71. The molecule has 0 saturated heterocycles. The van der Waals surface area contributed by atoms with Crippen LogP contribution in [0.5, 0.6) is 0 Å². The van der Waals surface area contributed by atoms with Crippen molar-refractivity contribution < 1.29 is 4.74 Å². The van der Waals surface area contributed by atoms with Crippen molar-refractivity contribution in [2.45, 2.75) is 19.8 Å². The molecular formula is C11H15O. The fraction of sp³-hybridized carbons (Fsp3) is 0.455. The van der Waals surface area contributed by atoms with Crippen LogP contribution in [0.2, 0.25) is 0 Å². The monoisotopic (exact) mass is 163 g/mol. The molecule has 1 rings (SSSR count). The number of hydrogen-bond donors (Lipinski definition) is 0. The minimum Gasteiger partial charge on any atom is -0.382 e. The van der Waals surface area contributed by atoms with Crippen LogP contribution in [-0.4, -0.2) is 13.2 Å². The smallest absolute Gasteiger partial charge is 0.0469 e. The van der Waals surface area contributed by atoms with Crippen molar-refractivity contribution in [3.63, 3.8) is 0 Å². The molecular weight excluding hydrogens is 148 g/mol. The van der Waals surface area contributed by atoms with Crippen LogP contribution in [0.4, 0.5) is 0 Å². The van der Waals surface area contributed by atoms with Crippen molar-refractivity contribution >= 4 is 0 Å².